The number of nitrogens with zero attached hydrogens (tertiary/aromatic N) is 3. The van der Waals surface area contributed by atoms with Gasteiger partial charge in [-0.1, -0.05) is 46.8 Å². The minimum absolute atomic E-state index is 0.277. The molecule has 0 atom stereocenters. The van der Waals surface area contributed by atoms with Crippen LogP contribution in [0.25, 0.3) is 11.3 Å². The molecular weight excluding hydrogens is 312 g/mol. The standard InChI is InChI=1S/C16H14N4O2S/c1-9-12(13(20-22-9)10-5-3-2-4-6-10)14(21)17-16-19-18-15(23-16)11-7-8-11/h2-6,11H,7-8H2,1H3,(H,17,19,21). The molecule has 1 fully saturated rings. The summed E-state index contributed by atoms with van der Waals surface area (Å²) in [5.74, 6) is 0.727. The monoisotopic (exact) mass is 326 g/mol. The lowest BCUT2D eigenvalue weighted by atomic mass is 10.1. The Bertz CT molecular complexity index is 852. The van der Waals surface area contributed by atoms with Crippen molar-refractivity contribution in [3.63, 3.8) is 0 Å². The first-order valence-electron chi connectivity index (χ1n) is 7.39. The summed E-state index contributed by atoms with van der Waals surface area (Å²) >= 11 is 1.43. The van der Waals surface area contributed by atoms with Crippen molar-refractivity contribution in [1.29, 1.82) is 0 Å². The molecule has 1 amide bonds. The van der Waals surface area contributed by atoms with Gasteiger partial charge in [-0.15, -0.1) is 10.2 Å². The maximum atomic E-state index is 12.6. The van der Waals surface area contributed by atoms with Crippen molar-refractivity contribution in [3.05, 3.63) is 46.7 Å². The Morgan fingerprint density at radius 3 is 2.78 bits per heavy atom. The minimum atomic E-state index is -0.277. The molecule has 7 heteroatoms. The zero-order valence-electron chi connectivity index (χ0n) is 12.4. The van der Waals surface area contributed by atoms with Crippen molar-refractivity contribution < 1.29 is 9.32 Å². The van der Waals surface area contributed by atoms with E-state index in [1.54, 1.807) is 6.92 Å². The molecule has 0 aliphatic heterocycles. The van der Waals surface area contributed by atoms with E-state index in [-0.39, 0.29) is 5.91 Å². The highest BCUT2D eigenvalue weighted by atomic mass is 32.1. The average Bonchev–Trinajstić information content (AvgIpc) is 3.19. The van der Waals surface area contributed by atoms with Gasteiger partial charge in [0.25, 0.3) is 5.91 Å². The number of aromatic nitrogens is 3. The van der Waals surface area contributed by atoms with Crippen LogP contribution >= 0.6 is 11.3 Å². The maximum absolute atomic E-state index is 12.6. The summed E-state index contributed by atoms with van der Waals surface area (Å²) in [7, 11) is 0. The summed E-state index contributed by atoms with van der Waals surface area (Å²) in [4.78, 5) is 12.6. The lowest BCUT2D eigenvalue weighted by Crippen LogP contribution is -2.13. The van der Waals surface area contributed by atoms with Crippen LogP contribution < -0.4 is 5.32 Å². The summed E-state index contributed by atoms with van der Waals surface area (Å²) in [5, 5.41) is 16.5. The first kappa shape index (κ1) is 14.1. The SMILES string of the molecule is Cc1onc(-c2ccccc2)c1C(=O)Nc1nnc(C2CC2)s1. The van der Waals surface area contributed by atoms with Crippen molar-refractivity contribution >= 4 is 22.4 Å². The Hall–Kier alpha value is -2.54. The third kappa shape index (κ3) is 2.75. The van der Waals surface area contributed by atoms with E-state index in [1.165, 1.54) is 11.3 Å². The molecule has 2 aromatic heterocycles. The van der Waals surface area contributed by atoms with Crippen molar-refractivity contribution in [1.82, 2.24) is 15.4 Å². The smallest absolute Gasteiger partial charge is 0.263 e. The second kappa shape index (κ2) is 5.58. The molecule has 1 saturated carbocycles. The Morgan fingerprint density at radius 1 is 1.26 bits per heavy atom. The predicted molar refractivity (Wildman–Crippen MR) is 86.5 cm³/mol. The van der Waals surface area contributed by atoms with Gasteiger partial charge in [0.2, 0.25) is 5.13 Å². The van der Waals surface area contributed by atoms with E-state index in [1.807, 2.05) is 30.3 Å². The molecule has 3 aromatic rings. The van der Waals surface area contributed by atoms with Crippen LogP contribution in [-0.4, -0.2) is 21.3 Å². The third-order valence-electron chi connectivity index (χ3n) is 3.72. The number of carbonyl (C=O) groups excluding carboxylic acids is 1. The lowest BCUT2D eigenvalue weighted by Gasteiger charge is -2.02. The van der Waals surface area contributed by atoms with Crippen LogP contribution in [-0.2, 0) is 0 Å². The number of nitrogens with one attached hydrogen (secondary N) is 1. The van der Waals surface area contributed by atoms with Crippen LogP contribution in [0.5, 0.6) is 0 Å². The van der Waals surface area contributed by atoms with Gasteiger partial charge in [-0.2, -0.15) is 0 Å². The average molecular weight is 326 g/mol. The predicted octanol–water partition coefficient (Wildman–Crippen LogP) is 3.63. The van der Waals surface area contributed by atoms with E-state index in [0.29, 0.717) is 28.1 Å². The van der Waals surface area contributed by atoms with Crippen LogP contribution in [0.4, 0.5) is 5.13 Å². The van der Waals surface area contributed by atoms with Crippen molar-refractivity contribution in [2.75, 3.05) is 5.32 Å². The van der Waals surface area contributed by atoms with E-state index >= 15 is 0 Å². The fraction of sp³-hybridized carbons (Fsp3) is 0.250. The molecule has 6 nitrogen and oxygen atoms in total. The molecule has 2 heterocycles. The van der Waals surface area contributed by atoms with Gasteiger partial charge in [0.15, 0.2) is 0 Å². The van der Waals surface area contributed by atoms with E-state index in [9.17, 15) is 4.79 Å². The quantitative estimate of drug-likeness (QED) is 0.792. The topological polar surface area (TPSA) is 80.9 Å². The van der Waals surface area contributed by atoms with Crippen LogP contribution in [0.2, 0.25) is 0 Å². The third-order valence-corrected chi connectivity index (χ3v) is 4.73. The molecule has 1 aliphatic rings. The molecule has 23 heavy (non-hydrogen) atoms. The zero-order valence-corrected chi connectivity index (χ0v) is 13.3. The molecular formula is C16H14N4O2S. The fourth-order valence-electron chi connectivity index (χ4n) is 2.37. The number of rotatable bonds is 4. The molecule has 0 radical (unpaired) electrons. The van der Waals surface area contributed by atoms with E-state index in [0.717, 1.165) is 23.4 Å². The van der Waals surface area contributed by atoms with Gasteiger partial charge in [-0.25, -0.2) is 0 Å². The number of benzene rings is 1. The van der Waals surface area contributed by atoms with Crippen molar-refractivity contribution in [3.8, 4) is 11.3 Å². The maximum Gasteiger partial charge on any atom is 0.263 e. The molecule has 1 aromatic carbocycles. The van der Waals surface area contributed by atoms with E-state index in [2.05, 4.69) is 20.7 Å². The van der Waals surface area contributed by atoms with E-state index < -0.39 is 0 Å². The van der Waals surface area contributed by atoms with Crippen molar-refractivity contribution in [2.24, 2.45) is 0 Å². The minimum Gasteiger partial charge on any atom is -0.360 e. The number of aryl methyl sites for hydroxylation is 1. The number of hydrogen-bond donors (Lipinski definition) is 1. The fourth-order valence-corrected chi connectivity index (χ4v) is 3.28. The van der Waals surface area contributed by atoms with Gasteiger partial charge in [-0.05, 0) is 19.8 Å². The van der Waals surface area contributed by atoms with Crippen LogP contribution in [0.3, 0.4) is 0 Å². The van der Waals surface area contributed by atoms with Gasteiger partial charge < -0.3 is 4.52 Å². The molecule has 1 N–H and O–H groups in total. The number of anilines is 1. The molecule has 116 valence electrons. The number of amides is 1. The molecule has 0 spiro atoms. The van der Waals surface area contributed by atoms with Gasteiger partial charge in [0.1, 0.15) is 22.0 Å². The van der Waals surface area contributed by atoms with E-state index in [4.69, 9.17) is 4.52 Å². The highest BCUT2D eigenvalue weighted by Crippen LogP contribution is 2.42. The molecule has 4 rings (SSSR count). The molecule has 1 aliphatic carbocycles. The lowest BCUT2D eigenvalue weighted by molar-refractivity contribution is 0.102. The Balaban J connectivity index is 1.61. The zero-order chi connectivity index (χ0) is 15.8. The Kier molecular flexibility index (Phi) is 3.42. The summed E-state index contributed by atoms with van der Waals surface area (Å²) in [5.41, 5.74) is 1.80. The normalized spacial score (nSPS) is 14.0. The number of carbonyl (C=O) groups is 1. The first-order valence-corrected chi connectivity index (χ1v) is 8.20. The van der Waals surface area contributed by atoms with Gasteiger partial charge in [0, 0.05) is 11.5 Å². The Morgan fingerprint density at radius 2 is 2.04 bits per heavy atom. The summed E-state index contributed by atoms with van der Waals surface area (Å²) in [6.07, 6.45) is 2.32. The first-order chi connectivity index (χ1) is 11.2. The van der Waals surface area contributed by atoms with Crippen LogP contribution in [0.1, 0.15) is 39.9 Å². The molecule has 0 saturated heterocycles. The largest absolute Gasteiger partial charge is 0.360 e. The second-order valence-corrected chi connectivity index (χ2v) is 6.51. The summed E-state index contributed by atoms with van der Waals surface area (Å²) < 4.78 is 5.22. The van der Waals surface area contributed by atoms with Crippen molar-refractivity contribution in [2.45, 2.75) is 25.7 Å². The van der Waals surface area contributed by atoms with Crippen LogP contribution in [0, 0.1) is 6.92 Å². The second-order valence-electron chi connectivity index (χ2n) is 5.50. The highest BCUT2D eigenvalue weighted by Gasteiger charge is 2.28. The Labute approximate surface area is 136 Å². The molecule has 0 bridgehead atoms. The molecule has 0 unspecified atom stereocenters. The summed E-state index contributed by atoms with van der Waals surface area (Å²) in [6.45, 7) is 1.73. The number of hydrogen-bond acceptors (Lipinski definition) is 6. The summed E-state index contributed by atoms with van der Waals surface area (Å²) in [6, 6.07) is 9.49. The highest BCUT2D eigenvalue weighted by molar-refractivity contribution is 7.15. The van der Waals surface area contributed by atoms with Gasteiger partial charge >= 0.3 is 0 Å². The van der Waals surface area contributed by atoms with Gasteiger partial charge in [0.05, 0.1) is 0 Å². The van der Waals surface area contributed by atoms with Gasteiger partial charge in [-0.3, -0.25) is 10.1 Å². The van der Waals surface area contributed by atoms with Crippen LogP contribution in [0.15, 0.2) is 34.9 Å².